The van der Waals surface area contributed by atoms with E-state index < -0.39 is 32.8 Å². The minimum absolute atomic E-state index is 0.0303. The Balaban J connectivity index is 1.97. The van der Waals surface area contributed by atoms with Gasteiger partial charge in [-0.3, -0.25) is 4.79 Å². The number of allylic oxidation sites excluding steroid dienone is 1. The predicted molar refractivity (Wildman–Crippen MR) is 101 cm³/mol. The van der Waals surface area contributed by atoms with Crippen molar-refractivity contribution in [2.45, 2.75) is 0 Å². The van der Waals surface area contributed by atoms with Crippen LogP contribution in [0.4, 0.5) is 14.5 Å². The molecule has 0 fully saturated rings. The van der Waals surface area contributed by atoms with Crippen LogP contribution in [0.2, 0.25) is 5.02 Å². The first-order chi connectivity index (χ1) is 12.6. The lowest BCUT2D eigenvalue weighted by Gasteiger charge is -2.23. The van der Waals surface area contributed by atoms with Crippen molar-refractivity contribution in [2.24, 2.45) is 4.40 Å². The van der Waals surface area contributed by atoms with E-state index in [0.717, 1.165) is 30.5 Å². The number of hydrogen-bond acceptors (Lipinski definition) is 5. The Kier molecular flexibility index (Phi) is 5.34. The standard InChI is InChI=1S/C14H8BrClF2N4O3S2/c1-22-10(13(23)20-6-2-7(16)12(18)8(17)3-6)4-9(21-27(22,24)25)14-19-5-11(15)26-14/h2-5H,1H3,(H,20,23). The molecule has 1 aromatic heterocycles. The molecule has 0 atom stereocenters. The maximum Gasteiger partial charge on any atom is 0.345 e. The van der Waals surface area contributed by atoms with Gasteiger partial charge >= 0.3 is 10.2 Å². The number of nitrogens with zero attached hydrogens (tertiary/aromatic N) is 3. The van der Waals surface area contributed by atoms with E-state index in [-0.39, 0.29) is 22.1 Å². The Bertz CT molecular complexity index is 1090. The maximum absolute atomic E-state index is 13.5. The summed E-state index contributed by atoms with van der Waals surface area (Å²) < 4.78 is 56.1. The Labute approximate surface area is 169 Å². The van der Waals surface area contributed by atoms with Crippen LogP contribution in [0.1, 0.15) is 5.01 Å². The number of likely N-dealkylation sites (N-methyl/N-ethyl adjacent to an activating group) is 1. The number of carbonyl (C=O) groups is 1. The van der Waals surface area contributed by atoms with E-state index in [0.29, 0.717) is 8.09 Å². The molecule has 1 amide bonds. The van der Waals surface area contributed by atoms with Crippen LogP contribution in [0.5, 0.6) is 0 Å². The summed E-state index contributed by atoms with van der Waals surface area (Å²) >= 11 is 9.89. The largest absolute Gasteiger partial charge is 0.345 e. The van der Waals surface area contributed by atoms with E-state index in [1.54, 1.807) is 0 Å². The highest BCUT2D eigenvalue weighted by atomic mass is 79.9. The number of halogens is 4. The van der Waals surface area contributed by atoms with Crippen molar-refractivity contribution in [2.75, 3.05) is 12.4 Å². The first kappa shape index (κ1) is 19.9. The van der Waals surface area contributed by atoms with Crippen molar-refractivity contribution < 1.29 is 22.0 Å². The lowest BCUT2D eigenvalue weighted by molar-refractivity contribution is -0.113. The second kappa shape index (κ2) is 7.26. The number of carbonyl (C=O) groups excluding carboxylic acids is 1. The molecule has 3 rings (SSSR count). The number of hydrogen-bond donors (Lipinski definition) is 1. The van der Waals surface area contributed by atoms with Crippen molar-refractivity contribution in [1.29, 1.82) is 0 Å². The molecule has 0 saturated carbocycles. The normalized spacial score (nSPS) is 16.0. The highest BCUT2D eigenvalue weighted by Gasteiger charge is 2.31. The molecule has 0 aliphatic carbocycles. The number of nitrogens with one attached hydrogen (secondary N) is 1. The Hall–Kier alpha value is -1.89. The Morgan fingerprint density at radius 3 is 2.67 bits per heavy atom. The molecule has 1 aliphatic heterocycles. The van der Waals surface area contributed by atoms with Gasteiger partial charge in [0.2, 0.25) is 0 Å². The van der Waals surface area contributed by atoms with Gasteiger partial charge in [0, 0.05) is 18.8 Å². The predicted octanol–water partition coefficient (Wildman–Crippen LogP) is 3.34. The van der Waals surface area contributed by atoms with Gasteiger partial charge in [0.1, 0.15) is 16.4 Å². The van der Waals surface area contributed by atoms with Crippen molar-refractivity contribution >= 4 is 66.4 Å². The Morgan fingerprint density at radius 2 is 2.07 bits per heavy atom. The van der Waals surface area contributed by atoms with Crippen molar-refractivity contribution in [3.8, 4) is 0 Å². The molecule has 0 radical (unpaired) electrons. The monoisotopic (exact) mass is 496 g/mol. The van der Waals surface area contributed by atoms with Gasteiger partial charge in [-0.2, -0.15) is 8.42 Å². The molecular formula is C14H8BrClF2N4O3S2. The summed E-state index contributed by atoms with van der Waals surface area (Å²) in [7, 11) is -3.04. The van der Waals surface area contributed by atoms with Crippen LogP contribution in [0, 0.1) is 11.6 Å². The molecule has 1 aromatic carbocycles. The molecule has 1 aliphatic rings. The topological polar surface area (TPSA) is 91.7 Å². The first-order valence-electron chi connectivity index (χ1n) is 6.96. The van der Waals surface area contributed by atoms with Crippen LogP contribution in [0.25, 0.3) is 0 Å². The van der Waals surface area contributed by atoms with Crippen LogP contribution in [0.15, 0.2) is 38.3 Å². The van der Waals surface area contributed by atoms with Crippen LogP contribution >= 0.6 is 38.9 Å². The van der Waals surface area contributed by atoms with Gasteiger partial charge in [0.15, 0.2) is 11.6 Å². The highest BCUT2D eigenvalue weighted by molar-refractivity contribution is 9.11. The fourth-order valence-electron chi connectivity index (χ4n) is 2.06. The minimum atomic E-state index is -4.18. The van der Waals surface area contributed by atoms with E-state index in [2.05, 4.69) is 30.6 Å². The second-order valence-corrected chi connectivity index (χ2v) is 9.57. The molecule has 2 aromatic rings. The summed E-state index contributed by atoms with van der Waals surface area (Å²) in [4.78, 5) is 16.5. The van der Waals surface area contributed by atoms with Crippen molar-refractivity contribution in [3.63, 3.8) is 0 Å². The van der Waals surface area contributed by atoms with Gasteiger partial charge in [0.05, 0.1) is 15.0 Å². The highest BCUT2D eigenvalue weighted by Crippen LogP contribution is 2.27. The van der Waals surface area contributed by atoms with Crippen LogP contribution < -0.4 is 5.32 Å². The molecular weight excluding hydrogens is 490 g/mol. The van der Waals surface area contributed by atoms with E-state index in [4.69, 9.17) is 11.6 Å². The zero-order valence-corrected chi connectivity index (χ0v) is 17.2. The number of aromatic nitrogens is 1. The second-order valence-electron chi connectivity index (χ2n) is 5.13. The molecule has 0 saturated heterocycles. The quantitative estimate of drug-likeness (QED) is 0.659. The molecule has 7 nitrogen and oxygen atoms in total. The molecule has 0 spiro atoms. The zero-order chi connectivity index (χ0) is 19.9. The van der Waals surface area contributed by atoms with Crippen LogP contribution in [-0.2, 0) is 15.0 Å². The van der Waals surface area contributed by atoms with Crippen LogP contribution in [0.3, 0.4) is 0 Å². The third-order valence-corrected chi connectivity index (χ3v) is 6.43. The number of anilines is 1. The van der Waals surface area contributed by atoms with Crippen molar-refractivity contribution in [1.82, 2.24) is 9.29 Å². The SMILES string of the molecule is CN1C(C(=O)Nc2cc(F)c(F)c(Cl)c2)=CC(c2ncc(Br)s2)=NS1(=O)=O. The summed E-state index contributed by atoms with van der Waals surface area (Å²) in [5.74, 6) is -3.40. The lowest BCUT2D eigenvalue weighted by Crippen LogP contribution is -2.35. The summed E-state index contributed by atoms with van der Waals surface area (Å²) in [6.07, 6.45) is 2.69. The van der Waals surface area contributed by atoms with Gasteiger partial charge in [-0.15, -0.1) is 15.7 Å². The van der Waals surface area contributed by atoms with E-state index in [1.807, 2.05) is 0 Å². The molecule has 0 bridgehead atoms. The molecule has 0 unspecified atom stereocenters. The van der Waals surface area contributed by atoms with Crippen molar-refractivity contribution in [3.05, 3.63) is 55.6 Å². The average Bonchev–Trinajstić information content (AvgIpc) is 3.01. The number of rotatable bonds is 3. The van der Waals surface area contributed by atoms with Gasteiger partial charge in [-0.1, -0.05) is 11.6 Å². The smallest absolute Gasteiger partial charge is 0.321 e. The molecule has 13 heteroatoms. The van der Waals surface area contributed by atoms with Gasteiger partial charge < -0.3 is 5.32 Å². The minimum Gasteiger partial charge on any atom is -0.321 e. The molecule has 2 heterocycles. The van der Waals surface area contributed by atoms with Gasteiger partial charge in [-0.05, 0) is 28.1 Å². The van der Waals surface area contributed by atoms with E-state index in [9.17, 15) is 22.0 Å². The summed E-state index contributed by atoms with van der Waals surface area (Å²) in [5.41, 5.74) is -0.457. The number of thiazole rings is 1. The third-order valence-electron chi connectivity index (χ3n) is 3.34. The van der Waals surface area contributed by atoms with E-state index in [1.165, 1.54) is 12.3 Å². The third kappa shape index (κ3) is 4.03. The summed E-state index contributed by atoms with van der Waals surface area (Å²) in [6.45, 7) is 0. The number of benzene rings is 1. The fraction of sp³-hybridized carbons (Fsp3) is 0.0714. The number of amides is 1. The first-order valence-corrected chi connectivity index (χ1v) is 10.3. The summed E-state index contributed by atoms with van der Waals surface area (Å²) in [6, 6.07) is 1.73. The maximum atomic E-state index is 13.5. The lowest BCUT2D eigenvalue weighted by atomic mass is 10.2. The molecule has 142 valence electrons. The zero-order valence-electron chi connectivity index (χ0n) is 13.2. The fourth-order valence-corrected chi connectivity index (χ4v) is 4.39. The molecule has 27 heavy (non-hydrogen) atoms. The van der Waals surface area contributed by atoms with E-state index >= 15 is 0 Å². The summed E-state index contributed by atoms with van der Waals surface area (Å²) in [5, 5.41) is 2.03. The average molecular weight is 498 g/mol. The van der Waals surface area contributed by atoms with Gasteiger partial charge in [-0.25, -0.2) is 18.1 Å². The molecule has 1 N–H and O–H groups in total. The van der Waals surface area contributed by atoms with Crippen LogP contribution in [-0.4, -0.2) is 36.4 Å². The Morgan fingerprint density at radius 1 is 1.37 bits per heavy atom. The van der Waals surface area contributed by atoms with Gasteiger partial charge in [0.25, 0.3) is 5.91 Å².